The molecule has 0 aliphatic carbocycles. The predicted molar refractivity (Wildman–Crippen MR) is 187 cm³/mol. The van der Waals surface area contributed by atoms with Crippen molar-refractivity contribution in [3.63, 3.8) is 0 Å². The molecule has 1 N–H and O–H groups in total. The van der Waals surface area contributed by atoms with Gasteiger partial charge in [-0.1, -0.05) is 133 Å². The highest BCUT2D eigenvalue weighted by atomic mass is 16.6. The monoisotopic (exact) mass is 617 g/mol. The maximum Gasteiger partial charge on any atom is 0.306 e. The van der Waals surface area contributed by atoms with Crippen molar-refractivity contribution in [2.24, 2.45) is 0 Å². The molecule has 5 heteroatoms. The van der Waals surface area contributed by atoms with Crippen LogP contribution in [0.15, 0.2) is 48.6 Å². The fraction of sp³-hybridized carbons (Fsp3) is 0.744. The quantitative estimate of drug-likeness (QED) is 0.0462. The molecular formula is C39H68O5. The minimum Gasteiger partial charge on any atom is -0.462 e. The van der Waals surface area contributed by atoms with E-state index in [2.05, 4.69) is 62.5 Å². The molecule has 0 aromatic heterocycles. The van der Waals surface area contributed by atoms with Crippen molar-refractivity contribution >= 4 is 11.9 Å². The molecule has 0 bridgehead atoms. The number of aliphatic hydroxyl groups excluding tert-OH is 1. The van der Waals surface area contributed by atoms with E-state index in [0.29, 0.717) is 12.8 Å². The SMILES string of the molecule is CCCC/C=C\C/C=C\CCCCCCCC(=O)OCC(CO)OC(=O)CCCCCCC/C=C\C/C=C\CCCCCC. The summed E-state index contributed by atoms with van der Waals surface area (Å²) < 4.78 is 10.6. The Morgan fingerprint density at radius 3 is 1.41 bits per heavy atom. The number of hydrogen-bond acceptors (Lipinski definition) is 5. The minimum atomic E-state index is -0.783. The van der Waals surface area contributed by atoms with Gasteiger partial charge < -0.3 is 14.6 Å². The van der Waals surface area contributed by atoms with E-state index in [1.807, 2.05) is 0 Å². The highest BCUT2D eigenvalue weighted by Crippen LogP contribution is 2.11. The first kappa shape index (κ1) is 41.9. The summed E-state index contributed by atoms with van der Waals surface area (Å²) in [6.45, 7) is 4.04. The van der Waals surface area contributed by atoms with Gasteiger partial charge in [0.1, 0.15) is 6.61 Å². The zero-order valence-corrected chi connectivity index (χ0v) is 28.7. The molecule has 0 aliphatic heterocycles. The average Bonchev–Trinajstić information content (AvgIpc) is 3.02. The Hall–Kier alpha value is -2.14. The van der Waals surface area contributed by atoms with Crippen LogP contribution in [0, 0.1) is 0 Å². The lowest BCUT2D eigenvalue weighted by atomic mass is 10.1. The van der Waals surface area contributed by atoms with Gasteiger partial charge in [0.05, 0.1) is 6.61 Å². The van der Waals surface area contributed by atoms with Gasteiger partial charge in [-0.05, 0) is 70.6 Å². The maximum atomic E-state index is 12.1. The highest BCUT2D eigenvalue weighted by Gasteiger charge is 2.16. The van der Waals surface area contributed by atoms with Gasteiger partial charge in [0, 0.05) is 12.8 Å². The Bertz CT molecular complexity index is 752. The van der Waals surface area contributed by atoms with Gasteiger partial charge in [-0.2, -0.15) is 0 Å². The van der Waals surface area contributed by atoms with E-state index in [-0.39, 0.29) is 25.2 Å². The zero-order chi connectivity index (χ0) is 32.2. The lowest BCUT2D eigenvalue weighted by molar-refractivity contribution is -0.161. The number of aliphatic hydroxyl groups is 1. The Kier molecular flexibility index (Phi) is 33.6. The van der Waals surface area contributed by atoms with Crippen LogP contribution in [-0.4, -0.2) is 36.4 Å². The second-order valence-corrected chi connectivity index (χ2v) is 11.9. The zero-order valence-electron chi connectivity index (χ0n) is 28.7. The van der Waals surface area contributed by atoms with Gasteiger partial charge in [-0.15, -0.1) is 0 Å². The van der Waals surface area contributed by atoms with E-state index in [0.717, 1.165) is 70.6 Å². The van der Waals surface area contributed by atoms with Crippen molar-refractivity contribution in [3.05, 3.63) is 48.6 Å². The predicted octanol–water partition coefficient (Wildman–Crippen LogP) is 11.1. The molecule has 0 rings (SSSR count). The minimum absolute atomic E-state index is 0.0799. The molecule has 0 amide bonds. The van der Waals surface area contributed by atoms with E-state index in [9.17, 15) is 14.7 Å². The first-order chi connectivity index (χ1) is 21.6. The first-order valence-electron chi connectivity index (χ1n) is 18.2. The van der Waals surface area contributed by atoms with Gasteiger partial charge in [-0.3, -0.25) is 9.59 Å². The van der Waals surface area contributed by atoms with Gasteiger partial charge >= 0.3 is 11.9 Å². The Balaban J connectivity index is 3.64. The van der Waals surface area contributed by atoms with E-state index < -0.39 is 6.10 Å². The third-order valence-electron chi connectivity index (χ3n) is 7.60. The molecular weight excluding hydrogens is 548 g/mol. The number of allylic oxidation sites excluding steroid dienone is 8. The number of unbranched alkanes of at least 4 members (excludes halogenated alkanes) is 16. The van der Waals surface area contributed by atoms with Crippen molar-refractivity contribution in [3.8, 4) is 0 Å². The number of ether oxygens (including phenoxy) is 2. The van der Waals surface area contributed by atoms with Crippen molar-refractivity contribution in [1.29, 1.82) is 0 Å². The summed E-state index contributed by atoms with van der Waals surface area (Å²) in [6, 6.07) is 0. The van der Waals surface area contributed by atoms with Crippen molar-refractivity contribution in [1.82, 2.24) is 0 Å². The molecule has 1 unspecified atom stereocenters. The van der Waals surface area contributed by atoms with Crippen LogP contribution in [0.2, 0.25) is 0 Å². The molecule has 44 heavy (non-hydrogen) atoms. The van der Waals surface area contributed by atoms with Gasteiger partial charge in [0.2, 0.25) is 0 Å². The summed E-state index contributed by atoms with van der Waals surface area (Å²) in [5.74, 6) is -0.627. The standard InChI is InChI=1S/C39H68O5/c1-3-5-7-9-11-13-15-17-19-20-22-24-26-28-30-32-34-39(42)44-37(35-40)36-43-38(41)33-31-29-27-25-23-21-18-16-14-12-10-8-6-4-2/h10,12-13,15-16,18-20,37,40H,3-9,11,14,17,21-36H2,1-2H3/b12-10-,15-13-,18-16-,20-19-. The molecule has 0 aliphatic rings. The molecule has 0 saturated heterocycles. The lowest BCUT2D eigenvalue weighted by Gasteiger charge is -2.15. The lowest BCUT2D eigenvalue weighted by Crippen LogP contribution is -2.28. The molecule has 0 fully saturated rings. The largest absolute Gasteiger partial charge is 0.462 e. The van der Waals surface area contributed by atoms with Crippen molar-refractivity contribution < 1.29 is 24.2 Å². The topological polar surface area (TPSA) is 72.8 Å². The fourth-order valence-electron chi connectivity index (χ4n) is 4.77. The Morgan fingerprint density at radius 1 is 0.523 bits per heavy atom. The molecule has 0 aromatic carbocycles. The van der Waals surface area contributed by atoms with Crippen LogP contribution in [0.3, 0.4) is 0 Å². The summed E-state index contributed by atoms with van der Waals surface area (Å²) in [5.41, 5.74) is 0. The van der Waals surface area contributed by atoms with Gasteiger partial charge in [0.25, 0.3) is 0 Å². The molecule has 1 atom stereocenters. The Labute approximate surface area is 271 Å². The number of carbonyl (C=O) groups is 2. The second-order valence-electron chi connectivity index (χ2n) is 11.9. The number of rotatable bonds is 32. The van der Waals surface area contributed by atoms with Crippen LogP contribution in [0.4, 0.5) is 0 Å². The van der Waals surface area contributed by atoms with E-state index in [1.54, 1.807) is 0 Å². The van der Waals surface area contributed by atoms with Crippen LogP contribution < -0.4 is 0 Å². The van der Waals surface area contributed by atoms with E-state index in [1.165, 1.54) is 70.6 Å². The Morgan fingerprint density at radius 2 is 0.932 bits per heavy atom. The van der Waals surface area contributed by atoms with Crippen molar-refractivity contribution in [2.75, 3.05) is 13.2 Å². The van der Waals surface area contributed by atoms with Crippen LogP contribution in [0.5, 0.6) is 0 Å². The van der Waals surface area contributed by atoms with E-state index in [4.69, 9.17) is 9.47 Å². The number of hydrogen-bond donors (Lipinski definition) is 1. The summed E-state index contributed by atoms with van der Waals surface area (Å²) in [5, 5.41) is 9.52. The summed E-state index contributed by atoms with van der Waals surface area (Å²) in [4.78, 5) is 24.2. The van der Waals surface area contributed by atoms with Crippen LogP contribution in [0.1, 0.15) is 168 Å². The first-order valence-corrected chi connectivity index (χ1v) is 18.2. The van der Waals surface area contributed by atoms with E-state index >= 15 is 0 Å². The maximum absolute atomic E-state index is 12.1. The normalized spacial score (nSPS) is 12.7. The number of carbonyl (C=O) groups excluding carboxylic acids is 2. The average molecular weight is 617 g/mol. The van der Waals surface area contributed by atoms with Crippen molar-refractivity contribution in [2.45, 2.75) is 174 Å². The smallest absolute Gasteiger partial charge is 0.306 e. The van der Waals surface area contributed by atoms with Gasteiger partial charge in [-0.25, -0.2) is 0 Å². The highest BCUT2D eigenvalue weighted by molar-refractivity contribution is 5.70. The summed E-state index contributed by atoms with van der Waals surface area (Å²) >= 11 is 0. The molecule has 254 valence electrons. The molecule has 0 aromatic rings. The van der Waals surface area contributed by atoms with Crippen LogP contribution in [0.25, 0.3) is 0 Å². The third kappa shape index (κ3) is 32.8. The molecule has 5 nitrogen and oxygen atoms in total. The fourth-order valence-corrected chi connectivity index (χ4v) is 4.77. The van der Waals surface area contributed by atoms with Crippen LogP contribution in [-0.2, 0) is 19.1 Å². The molecule has 0 saturated carbocycles. The van der Waals surface area contributed by atoms with Crippen LogP contribution >= 0.6 is 0 Å². The third-order valence-corrected chi connectivity index (χ3v) is 7.60. The molecule has 0 radical (unpaired) electrons. The summed E-state index contributed by atoms with van der Waals surface area (Å²) in [7, 11) is 0. The summed E-state index contributed by atoms with van der Waals surface area (Å²) in [6.07, 6.45) is 43.0. The molecule has 0 spiro atoms. The second kappa shape index (κ2) is 35.3. The van der Waals surface area contributed by atoms with Gasteiger partial charge in [0.15, 0.2) is 6.10 Å². The number of esters is 2. The molecule has 0 heterocycles.